The van der Waals surface area contributed by atoms with Gasteiger partial charge in [-0.1, -0.05) is 36.9 Å². The number of hydrogen-bond acceptors (Lipinski definition) is 4. The van der Waals surface area contributed by atoms with Gasteiger partial charge in [-0.05, 0) is 29.3 Å². The lowest BCUT2D eigenvalue weighted by Gasteiger charge is -2.10. The molecule has 0 unspecified atom stereocenters. The van der Waals surface area contributed by atoms with Crippen LogP contribution in [0.4, 0.5) is 5.82 Å². The van der Waals surface area contributed by atoms with Crippen molar-refractivity contribution in [1.29, 1.82) is 5.26 Å². The van der Waals surface area contributed by atoms with E-state index in [1.807, 2.05) is 30.3 Å². The maximum atomic E-state index is 9.19. The first-order valence-corrected chi connectivity index (χ1v) is 6.70. The average Bonchev–Trinajstić information content (AvgIpc) is 3.09. The Morgan fingerprint density at radius 3 is 2.59 bits per heavy atom. The van der Waals surface area contributed by atoms with E-state index in [1.165, 1.54) is 0 Å². The van der Waals surface area contributed by atoms with Crippen LogP contribution in [0.3, 0.4) is 0 Å². The molecule has 0 aliphatic carbocycles. The molecule has 2 N–H and O–H groups in total. The number of rotatable bonds is 3. The molecule has 0 bridgehead atoms. The molecule has 0 atom stereocenters. The van der Waals surface area contributed by atoms with Crippen molar-refractivity contribution in [3.8, 4) is 28.7 Å². The lowest BCUT2D eigenvalue weighted by atomic mass is 9.99. The molecule has 0 amide bonds. The Labute approximate surface area is 128 Å². The summed E-state index contributed by atoms with van der Waals surface area (Å²) >= 11 is 0. The lowest BCUT2D eigenvalue weighted by molar-refractivity contribution is 0.580. The molecular weight excluding hydrogens is 274 g/mol. The van der Waals surface area contributed by atoms with Gasteiger partial charge in [-0.25, -0.2) is 4.98 Å². The minimum Gasteiger partial charge on any atom is -0.463 e. The van der Waals surface area contributed by atoms with Gasteiger partial charge in [-0.3, -0.25) is 0 Å². The standard InChI is InChI=1S/C18H13N3O/c1-2-12-5-7-13(8-6-12)15-10-14(11-19)18(20)21-17(15)16-4-3-9-22-16/h2-10H,1H2,(H2,20,21). The van der Waals surface area contributed by atoms with E-state index in [4.69, 9.17) is 10.2 Å². The van der Waals surface area contributed by atoms with E-state index in [1.54, 1.807) is 24.5 Å². The SMILES string of the molecule is C=Cc1ccc(-c2cc(C#N)c(N)nc2-c2ccco2)cc1. The third kappa shape index (κ3) is 2.36. The number of benzene rings is 1. The van der Waals surface area contributed by atoms with Crippen LogP contribution in [0, 0.1) is 11.3 Å². The summed E-state index contributed by atoms with van der Waals surface area (Å²) in [5, 5.41) is 9.19. The number of anilines is 1. The highest BCUT2D eigenvalue weighted by atomic mass is 16.3. The van der Waals surface area contributed by atoms with Crippen molar-refractivity contribution in [1.82, 2.24) is 4.98 Å². The minimum atomic E-state index is 0.195. The zero-order valence-electron chi connectivity index (χ0n) is 11.8. The second kappa shape index (κ2) is 5.58. The monoisotopic (exact) mass is 287 g/mol. The van der Waals surface area contributed by atoms with Gasteiger partial charge >= 0.3 is 0 Å². The van der Waals surface area contributed by atoms with E-state index in [0.29, 0.717) is 17.0 Å². The number of nitrogens with zero attached hydrogens (tertiary/aromatic N) is 2. The van der Waals surface area contributed by atoms with Gasteiger partial charge in [0.2, 0.25) is 0 Å². The molecule has 0 saturated carbocycles. The van der Waals surface area contributed by atoms with Crippen LogP contribution in [0.5, 0.6) is 0 Å². The summed E-state index contributed by atoms with van der Waals surface area (Å²) in [6, 6.07) is 15.2. The van der Waals surface area contributed by atoms with Gasteiger partial charge in [0.05, 0.1) is 11.8 Å². The van der Waals surface area contributed by atoms with Gasteiger partial charge in [-0.15, -0.1) is 0 Å². The number of hydrogen-bond donors (Lipinski definition) is 1. The number of nitriles is 1. The summed E-state index contributed by atoms with van der Waals surface area (Å²) in [5.41, 5.74) is 9.56. The molecule has 3 aromatic rings. The first kappa shape index (κ1) is 13.7. The zero-order chi connectivity index (χ0) is 15.5. The molecule has 0 aliphatic rings. The molecule has 2 aromatic heterocycles. The molecule has 4 heteroatoms. The van der Waals surface area contributed by atoms with E-state index >= 15 is 0 Å². The van der Waals surface area contributed by atoms with Crippen molar-refractivity contribution in [3.05, 3.63) is 66.4 Å². The number of pyridine rings is 1. The zero-order valence-corrected chi connectivity index (χ0v) is 11.8. The first-order valence-electron chi connectivity index (χ1n) is 6.70. The molecule has 4 nitrogen and oxygen atoms in total. The van der Waals surface area contributed by atoms with Crippen molar-refractivity contribution in [2.75, 3.05) is 5.73 Å². The molecular formula is C18H13N3O. The van der Waals surface area contributed by atoms with Gasteiger partial charge in [0, 0.05) is 5.56 Å². The Balaban J connectivity index is 2.23. The minimum absolute atomic E-state index is 0.195. The lowest BCUT2D eigenvalue weighted by Crippen LogP contribution is -1.99. The predicted molar refractivity (Wildman–Crippen MR) is 86.6 cm³/mol. The summed E-state index contributed by atoms with van der Waals surface area (Å²) < 4.78 is 5.44. The Kier molecular flexibility index (Phi) is 3.47. The van der Waals surface area contributed by atoms with Crippen LogP contribution >= 0.6 is 0 Å². The van der Waals surface area contributed by atoms with Gasteiger partial charge in [0.1, 0.15) is 17.6 Å². The fraction of sp³-hybridized carbons (Fsp3) is 0. The van der Waals surface area contributed by atoms with E-state index in [2.05, 4.69) is 17.6 Å². The highest BCUT2D eigenvalue weighted by molar-refractivity contribution is 5.82. The fourth-order valence-electron chi connectivity index (χ4n) is 2.24. The molecule has 106 valence electrons. The largest absolute Gasteiger partial charge is 0.463 e. The molecule has 0 aliphatic heterocycles. The Hall–Kier alpha value is -3.32. The van der Waals surface area contributed by atoms with Crippen LogP contribution in [-0.2, 0) is 0 Å². The molecule has 0 radical (unpaired) electrons. The maximum Gasteiger partial charge on any atom is 0.152 e. The fourth-order valence-corrected chi connectivity index (χ4v) is 2.24. The quantitative estimate of drug-likeness (QED) is 0.786. The second-order valence-electron chi connectivity index (χ2n) is 4.73. The first-order chi connectivity index (χ1) is 10.7. The predicted octanol–water partition coefficient (Wildman–Crippen LogP) is 4.11. The Bertz CT molecular complexity index is 857. The molecule has 3 rings (SSSR count). The number of nitrogens with two attached hydrogens (primary N) is 1. The van der Waals surface area contributed by atoms with E-state index in [-0.39, 0.29) is 5.82 Å². The topological polar surface area (TPSA) is 75.8 Å². The summed E-state index contributed by atoms with van der Waals surface area (Å²) in [5.74, 6) is 0.805. The number of aromatic nitrogens is 1. The van der Waals surface area contributed by atoms with E-state index in [9.17, 15) is 5.26 Å². The van der Waals surface area contributed by atoms with Crippen molar-refractivity contribution in [2.24, 2.45) is 0 Å². The Morgan fingerprint density at radius 2 is 2.00 bits per heavy atom. The van der Waals surface area contributed by atoms with Crippen molar-refractivity contribution < 1.29 is 4.42 Å². The molecule has 2 heterocycles. The van der Waals surface area contributed by atoms with Crippen molar-refractivity contribution in [3.63, 3.8) is 0 Å². The van der Waals surface area contributed by atoms with E-state index in [0.717, 1.165) is 16.7 Å². The van der Waals surface area contributed by atoms with Crippen molar-refractivity contribution in [2.45, 2.75) is 0 Å². The van der Waals surface area contributed by atoms with Gasteiger partial charge in [0.25, 0.3) is 0 Å². The number of furan rings is 1. The normalized spacial score (nSPS) is 10.1. The second-order valence-corrected chi connectivity index (χ2v) is 4.73. The van der Waals surface area contributed by atoms with Crippen LogP contribution in [0.25, 0.3) is 28.7 Å². The van der Waals surface area contributed by atoms with Crippen LogP contribution in [0.1, 0.15) is 11.1 Å². The summed E-state index contributed by atoms with van der Waals surface area (Å²) in [7, 11) is 0. The van der Waals surface area contributed by atoms with Crippen LogP contribution in [-0.4, -0.2) is 4.98 Å². The van der Waals surface area contributed by atoms with Gasteiger partial charge in [0.15, 0.2) is 5.76 Å². The third-order valence-electron chi connectivity index (χ3n) is 3.38. The van der Waals surface area contributed by atoms with Crippen LogP contribution < -0.4 is 5.73 Å². The molecule has 0 spiro atoms. The Morgan fingerprint density at radius 1 is 1.23 bits per heavy atom. The maximum absolute atomic E-state index is 9.19. The van der Waals surface area contributed by atoms with Crippen molar-refractivity contribution >= 4 is 11.9 Å². The highest BCUT2D eigenvalue weighted by Crippen LogP contribution is 2.33. The van der Waals surface area contributed by atoms with Crippen LogP contribution in [0.15, 0.2) is 59.7 Å². The van der Waals surface area contributed by atoms with Gasteiger partial charge < -0.3 is 10.2 Å². The molecule has 0 saturated heterocycles. The summed E-state index contributed by atoms with van der Waals surface area (Å²) in [6.07, 6.45) is 3.36. The van der Waals surface area contributed by atoms with E-state index < -0.39 is 0 Å². The van der Waals surface area contributed by atoms with Crippen LogP contribution in [0.2, 0.25) is 0 Å². The molecule has 22 heavy (non-hydrogen) atoms. The summed E-state index contributed by atoms with van der Waals surface area (Å²) in [6.45, 7) is 3.74. The summed E-state index contributed by atoms with van der Waals surface area (Å²) in [4.78, 5) is 4.35. The molecule has 0 fully saturated rings. The molecule has 1 aromatic carbocycles. The number of nitrogen functional groups attached to an aromatic ring is 1. The van der Waals surface area contributed by atoms with Gasteiger partial charge in [-0.2, -0.15) is 5.26 Å². The third-order valence-corrected chi connectivity index (χ3v) is 3.38. The highest BCUT2D eigenvalue weighted by Gasteiger charge is 2.15. The average molecular weight is 287 g/mol. The smallest absolute Gasteiger partial charge is 0.152 e.